The molecule has 1 saturated carbocycles. The largest absolute Gasteiger partial charge is 0.444 e. The molecule has 0 unspecified atom stereocenters. The molecule has 1 rings (SSSR count). The standard InChI is InChI=1S/C11H21NO2/c1-7(2)8-6-9(8)12-10(13)14-11(3,4)5/h7-9H,6H2,1-5H3,(H,12,13)/t8-,9+/m0/s1. The van der Waals surface area contributed by atoms with E-state index in [0.717, 1.165) is 6.42 Å². The minimum Gasteiger partial charge on any atom is -0.444 e. The summed E-state index contributed by atoms with van der Waals surface area (Å²) in [5, 5.41) is 2.88. The van der Waals surface area contributed by atoms with Crippen LogP contribution in [0, 0.1) is 11.8 Å². The van der Waals surface area contributed by atoms with Crippen LogP contribution in [0.15, 0.2) is 0 Å². The quantitative estimate of drug-likeness (QED) is 0.742. The minimum atomic E-state index is -0.397. The Labute approximate surface area is 86.2 Å². The predicted molar refractivity (Wildman–Crippen MR) is 56.1 cm³/mol. The van der Waals surface area contributed by atoms with Gasteiger partial charge in [-0.15, -0.1) is 0 Å². The molecule has 3 heteroatoms. The van der Waals surface area contributed by atoms with Gasteiger partial charge in [-0.05, 0) is 39.0 Å². The fourth-order valence-corrected chi connectivity index (χ4v) is 1.58. The maximum absolute atomic E-state index is 11.3. The highest BCUT2D eigenvalue weighted by Crippen LogP contribution is 2.37. The van der Waals surface area contributed by atoms with Crippen LogP contribution in [0.2, 0.25) is 0 Å². The van der Waals surface area contributed by atoms with E-state index in [4.69, 9.17) is 4.74 Å². The number of ether oxygens (including phenoxy) is 1. The lowest BCUT2D eigenvalue weighted by molar-refractivity contribution is 0.0520. The Kier molecular flexibility index (Phi) is 3.07. The van der Waals surface area contributed by atoms with Gasteiger partial charge >= 0.3 is 6.09 Å². The zero-order valence-corrected chi connectivity index (χ0v) is 9.76. The maximum Gasteiger partial charge on any atom is 0.407 e. The summed E-state index contributed by atoms with van der Waals surface area (Å²) in [6.07, 6.45) is 0.808. The molecule has 0 radical (unpaired) electrons. The summed E-state index contributed by atoms with van der Waals surface area (Å²) < 4.78 is 5.17. The van der Waals surface area contributed by atoms with Crippen molar-refractivity contribution in [1.29, 1.82) is 0 Å². The highest BCUT2D eigenvalue weighted by molar-refractivity contribution is 5.68. The first-order valence-corrected chi connectivity index (χ1v) is 5.29. The molecule has 14 heavy (non-hydrogen) atoms. The topological polar surface area (TPSA) is 38.3 Å². The van der Waals surface area contributed by atoms with Crippen LogP contribution in [-0.4, -0.2) is 17.7 Å². The lowest BCUT2D eigenvalue weighted by Gasteiger charge is -2.19. The van der Waals surface area contributed by atoms with E-state index in [0.29, 0.717) is 17.9 Å². The fraction of sp³-hybridized carbons (Fsp3) is 0.909. The average Bonchev–Trinajstić information content (AvgIpc) is 2.61. The molecule has 0 aromatic heterocycles. The van der Waals surface area contributed by atoms with Crippen LogP contribution in [0.25, 0.3) is 0 Å². The number of carbonyl (C=O) groups is 1. The van der Waals surface area contributed by atoms with Gasteiger partial charge in [-0.3, -0.25) is 0 Å². The molecule has 1 aliphatic rings. The van der Waals surface area contributed by atoms with Crippen LogP contribution in [0.1, 0.15) is 41.0 Å². The van der Waals surface area contributed by atoms with Crippen molar-refractivity contribution < 1.29 is 9.53 Å². The van der Waals surface area contributed by atoms with Crippen molar-refractivity contribution in [2.24, 2.45) is 11.8 Å². The summed E-state index contributed by atoms with van der Waals surface area (Å²) in [6, 6.07) is 0.338. The van der Waals surface area contributed by atoms with E-state index in [9.17, 15) is 4.79 Å². The molecule has 1 amide bonds. The van der Waals surface area contributed by atoms with Gasteiger partial charge in [0, 0.05) is 6.04 Å². The number of carbonyl (C=O) groups excluding carboxylic acids is 1. The Morgan fingerprint density at radius 3 is 2.36 bits per heavy atom. The molecule has 0 aromatic carbocycles. The van der Waals surface area contributed by atoms with Gasteiger partial charge in [0.2, 0.25) is 0 Å². The van der Waals surface area contributed by atoms with E-state index in [2.05, 4.69) is 19.2 Å². The van der Waals surface area contributed by atoms with Gasteiger partial charge in [-0.25, -0.2) is 4.79 Å². The summed E-state index contributed by atoms with van der Waals surface area (Å²) in [5.41, 5.74) is -0.397. The van der Waals surface area contributed by atoms with Crippen LogP contribution < -0.4 is 5.32 Å². The zero-order valence-electron chi connectivity index (χ0n) is 9.76. The molecule has 0 bridgehead atoms. The van der Waals surface area contributed by atoms with Gasteiger partial charge in [-0.1, -0.05) is 13.8 Å². The molecule has 0 heterocycles. The number of rotatable bonds is 2. The molecule has 82 valence electrons. The maximum atomic E-state index is 11.3. The second-order valence-electron chi connectivity index (χ2n) is 5.40. The summed E-state index contributed by atoms with van der Waals surface area (Å²) in [5.74, 6) is 1.29. The molecule has 0 aliphatic heterocycles. The molecule has 3 nitrogen and oxygen atoms in total. The second-order valence-corrected chi connectivity index (χ2v) is 5.40. The van der Waals surface area contributed by atoms with E-state index < -0.39 is 5.60 Å². The van der Waals surface area contributed by atoms with Crippen LogP contribution >= 0.6 is 0 Å². The lowest BCUT2D eigenvalue weighted by atomic mass is 10.1. The monoisotopic (exact) mass is 199 g/mol. The van der Waals surface area contributed by atoms with Crippen molar-refractivity contribution in [1.82, 2.24) is 5.32 Å². The number of amides is 1. The molecule has 0 aromatic rings. The lowest BCUT2D eigenvalue weighted by Crippen LogP contribution is -2.34. The summed E-state index contributed by atoms with van der Waals surface area (Å²) in [7, 11) is 0. The Bertz CT molecular complexity index is 218. The van der Waals surface area contributed by atoms with E-state index in [1.54, 1.807) is 0 Å². The van der Waals surface area contributed by atoms with Crippen LogP contribution in [0.3, 0.4) is 0 Å². The van der Waals surface area contributed by atoms with Gasteiger partial charge in [0.25, 0.3) is 0 Å². The first kappa shape index (κ1) is 11.3. The Balaban J connectivity index is 2.24. The number of alkyl carbamates (subject to hydrolysis) is 1. The normalized spacial score (nSPS) is 26.1. The number of nitrogens with one attached hydrogen (secondary N) is 1. The third-order valence-electron chi connectivity index (χ3n) is 2.40. The van der Waals surface area contributed by atoms with E-state index >= 15 is 0 Å². The average molecular weight is 199 g/mol. The minimum absolute atomic E-state index is 0.286. The summed E-state index contributed by atoms with van der Waals surface area (Å²) in [4.78, 5) is 11.3. The molecule has 1 fully saturated rings. The van der Waals surface area contributed by atoms with Crippen molar-refractivity contribution in [3.8, 4) is 0 Å². The van der Waals surface area contributed by atoms with Crippen molar-refractivity contribution in [3.05, 3.63) is 0 Å². The first-order chi connectivity index (χ1) is 6.29. The smallest absolute Gasteiger partial charge is 0.407 e. The van der Waals surface area contributed by atoms with Gasteiger partial charge in [0.15, 0.2) is 0 Å². The molecule has 1 N–H and O–H groups in total. The second kappa shape index (κ2) is 3.79. The zero-order chi connectivity index (χ0) is 10.9. The number of hydrogen-bond acceptors (Lipinski definition) is 2. The van der Waals surface area contributed by atoms with Gasteiger partial charge < -0.3 is 10.1 Å². The highest BCUT2D eigenvalue weighted by atomic mass is 16.6. The van der Waals surface area contributed by atoms with Crippen LogP contribution in [0.4, 0.5) is 4.79 Å². The van der Waals surface area contributed by atoms with Gasteiger partial charge in [0.05, 0.1) is 0 Å². The molecule has 2 atom stereocenters. The molecule has 0 saturated heterocycles. The highest BCUT2D eigenvalue weighted by Gasteiger charge is 2.40. The molecule has 1 aliphatic carbocycles. The molecular formula is C11H21NO2. The fourth-order valence-electron chi connectivity index (χ4n) is 1.58. The van der Waals surface area contributed by atoms with E-state index in [1.165, 1.54) is 0 Å². The molecule has 0 spiro atoms. The van der Waals surface area contributed by atoms with Gasteiger partial charge in [-0.2, -0.15) is 0 Å². The summed E-state index contributed by atoms with van der Waals surface area (Å²) in [6.45, 7) is 9.99. The summed E-state index contributed by atoms with van der Waals surface area (Å²) >= 11 is 0. The van der Waals surface area contributed by atoms with Crippen molar-refractivity contribution >= 4 is 6.09 Å². The Morgan fingerprint density at radius 1 is 1.43 bits per heavy atom. The van der Waals surface area contributed by atoms with Crippen molar-refractivity contribution in [3.63, 3.8) is 0 Å². The van der Waals surface area contributed by atoms with Crippen molar-refractivity contribution in [2.45, 2.75) is 52.7 Å². The van der Waals surface area contributed by atoms with Crippen LogP contribution in [0.5, 0.6) is 0 Å². The number of hydrogen-bond donors (Lipinski definition) is 1. The van der Waals surface area contributed by atoms with E-state index in [1.807, 2.05) is 20.8 Å². The third kappa shape index (κ3) is 3.56. The van der Waals surface area contributed by atoms with Gasteiger partial charge in [0.1, 0.15) is 5.60 Å². The van der Waals surface area contributed by atoms with Crippen LogP contribution in [-0.2, 0) is 4.74 Å². The third-order valence-corrected chi connectivity index (χ3v) is 2.40. The molecular weight excluding hydrogens is 178 g/mol. The first-order valence-electron chi connectivity index (χ1n) is 5.29. The SMILES string of the molecule is CC(C)[C@@H]1C[C@H]1NC(=O)OC(C)(C)C. The van der Waals surface area contributed by atoms with Crippen molar-refractivity contribution in [2.75, 3.05) is 0 Å². The Hall–Kier alpha value is -0.730. The van der Waals surface area contributed by atoms with E-state index in [-0.39, 0.29) is 6.09 Å². The predicted octanol–water partition coefficient (Wildman–Crippen LogP) is 2.56. The Morgan fingerprint density at radius 2 is 2.00 bits per heavy atom.